The second-order valence-corrected chi connectivity index (χ2v) is 4.38. The highest BCUT2D eigenvalue weighted by atomic mass is 16.8. The topological polar surface area (TPSA) is 113 Å². The molecule has 0 radical (unpaired) electrons. The first-order valence-corrected chi connectivity index (χ1v) is 5.95. The predicted octanol–water partition coefficient (Wildman–Crippen LogP) is 0.432. The van der Waals surface area contributed by atoms with Gasteiger partial charge in [0.25, 0.3) is 0 Å². The summed E-state index contributed by atoms with van der Waals surface area (Å²) in [5.74, 6) is 11.9. The number of quaternary nitrogens is 1. The minimum absolute atomic E-state index is 0.611. The Morgan fingerprint density at radius 2 is 1.25 bits per heavy atom. The summed E-state index contributed by atoms with van der Waals surface area (Å²) in [5, 5.41) is 0. The number of nitrogens with zero attached hydrogens (tertiary/aromatic N) is 1. The van der Waals surface area contributed by atoms with Gasteiger partial charge >= 0.3 is 0 Å². The summed E-state index contributed by atoms with van der Waals surface area (Å²) in [4.78, 5) is 4.92. The molecule has 16 heavy (non-hydrogen) atoms. The van der Waals surface area contributed by atoms with Crippen molar-refractivity contribution in [1.29, 1.82) is 0 Å². The maximum atomic E-state index is 6.13. The van der Waals surface area contributed by atoms with Gasteiger partial charge in [-0.2, -0.15) is 0 Å². The SMILES string of the molecule is CCC(N)(CC)O[N+](N)(N)C(N)(CC)CC. The molecule has 0 atom stereocenters. The maximum absolute atomic E-state index is 6.13. The van der Waals surface area contributed by atoms with Crippen molar-refractivity contribution in [3.05, 3.63) is 0 Å². The van der Waals surface area contributed by atoms with Crippen LogP contribution in [0.2, 0.25) is 0 Å². The highest BCUT2D eigenvalue weighted by Gasteiger charge is 2.48. The van der Waals surface area contributed by atoms with Gasteiger partial charge in [0.05, 0.1) is 0 Å². The Morgan fingerprint density at radius 3 is 1.50 bits per heavy atom. The van der Waals surface area contributed by atoms with E-state index in [1.165, 1.54) is 0 Å². The number of hydroxylamine groups is 1. The Bertz CT molecular complexity index is 211. The van der Waals surface area contributed by atoms with E-state index in [-0.39, 0.29) is 0 Å². The summed E-state index contributed by atoms with van der Waals surface area (Å²) < 4.78 is 0. The minimum atomic E-state index is -0.835. The number of hydrogen-bond donors (Lipinski definition) is 4. The second kappa shape index (κ2) is 5.39. The van der Waals surface area contributed by atoms with Crippen LogP contribution in [0.25, 0.3) is 0 Å². The lowest BCUT2D eigenvalue weighted by atomic mass is 10.1. The largest absolute Gasteiger partial charge is 0.298 e. The fourth-order valence-corrected chi connectivity index (χ4v) is 1.52. The fourth-order valence-electron chi connectivity index (χ4n) is 1.52. The molecule has 0 aliphatic heterocycles. The third kappa shape index (κ3) is 3.13. The Balaban J connectivity index is 4.92. The molecular formula is C10H28N5O+. The van der Waals surface area contributed by atoms with E-state index >= 15 is 0 Å². The molecule has 6 nitrogen and oxygen atoms in total. The molecule has 0 fully saturated rings. The van der Waals surface area contributed by atoms with Crippen LogP contribution in [0.1, 0.15) is 53.4 Å². The van der Waals surface area contributed by atoms with Crippen LogP contribution in [0.4, 0.5) is 0 Å². The van der Waals surface area contributed by atoms with Crippen molar-refractivity contribution < 1.29 is 9.70 Å². The maximum Gasteiger partial charge on any atom is 0.218 e. The molecule has 98 valence electrons. The summed E-state index contributed by atoms with van der Waals surface area (Å²) in [5.41, 5.74) is 10.5. The normalized spacial score (nSPS) is 14.2. The predicted molar refractivity (Wildman–Crippen MR) is 64.7 cm³/mol. The Hall–Kier alpha value is -0.240. The van der Waals surface area contributed by atoms with Crippen molar-refractivity contribution in [2.24, 2.45) is 23.2 Å². The van der Waals surface area contributed by atoms with Crippen LogP contribution in [0.3, 0.4) is 0 Å². The van der Waals surface area contributed by atoms with E-state index < -0.39 is 16.3 Å². The van der Waals surface area contributed by atoms with Crippen LogP contribution in [-0.2, 0) is 4.84 Å². The van der Waals surface area contributed by atoms with Crippen LogP contribution < -0.4 is 23.2 Å². The zero-order chi connectivity index (χ0) is 13.0. The van der Waals surface area contributed by atoms with Crippen molar-refractivity contribution in [2.75, 3.05) is 0 Å². The molecule has 0 amide bonds. The van der Waals surface area contributed by atoms with Gasteiger partial charge in [-0.25, -0.2) is 0 Å². The van der Waals surface area contributed by atoms with Gasteiger partial charge in [-0.05, 0) is 17.7 Å². The van der Waals surface area contributed by atoms with Crippen LogP contribution >= 0.6 is 0 Å². The standard InChI is InChI=1S/C10H28N5O/c1-5-9(11,6-2)15(13,14)16-10(12,7-3)8-4/h5-8,11-14H2,1-4H3/q+1. The average Bonchev–Trinajstić information content (AvgIpc) is 2.26. The highest BCUT2D eigenvalue weighted by Crippen LogP contribution is 2.25. The first-order valence-electron chi connectivity index (χ1n) is 5.95. The molecule has 0 saturated carbocycles. The van der Waals surface area contributed by atoms with Gasteiger partial charge < -0.3 is 0 Å². The molecule has 0 spiro atoms. The molecule has 8 N–H and O–H groups in total. The van der Waals surface area contributed by atoms with Gasteiger partial charge in [0.2, 0.25) is 5.66 Å². The molecular weight excluding hydrogens is 206 g/mol. The fraction of sp³-hybridized carbons (Fsp3) is 1.00. The molecule has 0 rings (SSSR count). The molecule has 0 aromatic heterocycles. The van der Waals surface area contributed by atoms with Crippen molar-refractivity contribution in [2.45, 2.75) is 64.8 Å². The van der Waals surface area contributed by atoms with E-state index in [1.807, 2.05) is 27.7 Å². The van der Waals surface area contributed by atoms with Crippen LogP contribution in [-0.4, -0.2) is 16.3 Å². The summed E-state index contributed by atoms with van der Waals surface area (Å²) >= 11 is 0. The van der Waals surface area contributed by atoms with Gasteiger partial charge in [-0.1, -0.05) is 27.7 Å². The average molecular weight is 234 g/mol. The first kappa shape index (κ1) is 15.8. The van der Waals surface area contributed by atoms with Crippen LogP contribution in [0.15, 0.2) is 0 Å². The molecule has 0 aromatic rings. The lowest BCUT2D eigenvalue weighted by molar-refractivity contribution is -1.17. The van der Waals surface area contributed by atoms with E-state index in [0.29, 0.717) is 25.7 Å². The first-order chi connectivity index (χ1) is 7.20. The van der Waals surface area contributed by atoms with Gasteiger partial charge in [0.1, 0.15) is 0 Å². The zero-order valence-corrected chi connectivity index (χ0v) is 11.0. The molecule has 0 aliphatic carbocycles. The van der Waals surface area contributed by atoms with E-state index in [4.69, 9.17) is 28.0 Å². The van der Waals surface area contributed by atoms with Crippen molar-refractivity contribution in [1.82, 2.24) is 0 Å². The summed E-state index contributed by atoms with van der Waals surface area (Å²) in [6.07, 6.45) is 2.48. The zero-order valence-electron chi connectivity index (χ0n) is 11.0. The molecule has 0 heterocycles. The molecule has 6 heteroatoms. The van der Waals surface area contributed by atoms with Crippen LogP contribution in [0.5, 0.6) is 0 Å². The molecule has 0 aliphatic rings. The Labute approximate surface area is 98.4 Å². The number of hydrogen-bond acceptors (Lipinski definition) is 5. The van der Waals surface area contributed by atoms with Crippen molar-refractivity contribution >= 4 is 0 Å². The molecule has 0 bridgehead atoms. The number of nitrogens with two attached hydrogens (primary N) is 4. The minimum Gasteiger partial charge on any atom is -0.298 e. The van der Waals surface area contributed by atoms with E-state index in [9.17, 15) is 0 Å². The lowest BCUT2D eigenvalue weighted by Crippen LogP contribution is -2.79. The number of rotatable bonds is 7. The van der Waals surface area contributed by atoms with E-state index in [1.54, 1.807) is 0 Å². The van der Waals surface area contributed by atoms with Gasteiger partial charge in [-0.3, -0.25) is 11.5 Å². The highest BCUT2D eigenvalue weighted by molar-refractivity contribution is 4.70. The molecule has 0 aromatic carbocycles. The van der Waals surface area contributed by atoms with E-state index in [0.717, 1.165) is 0 Å². The quantitative estimate of drug-likeness (QED) is 0.221. The second-order valence-electron chi connectivity index (χ2n) is 4.38. The molecule has 0 unspecified atom stereocenters. The monoisotopic (exact) mass is 234 g/mol. The third-order valence-corrected chi connectivity index (χ3v) is 3.45. The summed E-state index contributed by atoms with van der Waals surface area (Å²) in [6.45, 7) is 7.71. The smallest absolute Gasteiger partial charge is 0.218 e. The Morgan fingerprint density at radius 1 is 0.875 bits per heavy atom. The summed E-state index contributed by atoms with van der Waals surface area (Å²) in [6, 6.07) is 0. The van der Waals surface area contributed by atoms with Crippen LogP contribution in [0, 0.1) is 0 Å². The Kier molecular flexibility index (Phi) is 5.31. The van der Waals surface area contributed by atoms with Gasteiger partial charge in [0.15, 0.2) is 5.72 Å². The summed E-state index contributed by atoms with van der Waals surface area (Å²) in [7, 11) is 0. The third-order valence-electron chi connectivity index (χ3n) is 3.45. The van der Waals surface area contributed by atoms with Gasteiger partial charge in [0, 0.05) is 12.8 Å². The lowest BCUT2D eigenvalue weighted by Gasteiger charge is -2.43. The van der Waals surface area contributed by atoms with E-state index in [2.05, 4.69) is 0 Å². The van der Waals surface area contributed by atoms with Crippen molar-refractivity contribution in [3.63, 3.8) is 0 Å². The van der Waals surface area contributed by atoms with Gasteiger partial charge in [-0.15, -0.1) is 16.5 Å². The molecule has 0 saturated heterocycles. The van der Waals surface area contributed by atoms with Crippen molar-refractivity contribution in [3.8, 4) is 0 Å².